The summed E-state index contributed by atoms with van der Waals surface area (Å²) in [6.07, 6.45) is 6.63. The van der Waals surface area contributed by atoms with E-state index in [4.69, 9.17) is 56.8 Å². The second kappa shape index (κ2) is 26.0. The van der Waals surface area contributed by atoms with E-state index in [0.717, 1.165) is 44.9 Å². The quantitative estimate of drug-likeness (QED) is 0.103. The Kier molecular flexibility index (Phi) is 19.6. The summed E-state index contributed by atoms with van der Waals surface area (Å²) in [5.74, 6) is -3.65. The lowest BCUT2D eigenvalue weighted by Gasteiger charge is -2.48. The van der Waals surface area contributed by atoms with Crippen LogP contribution in [0.25, 0.3) is 0 Å². The van der Waals surface area contributed by atoms with Gasteiger partial charge in [-0.1, -0.05) is 34.6 Å². The predicted molar refractivity (Wildman–Crippen MR) is 332 cm³/mol. The van der Waals surface area contributed by atoms with E-state index in [1.807, 2.05) is 111 Å². The van der Waals surface area contributed by atoms with Crippen molar-refractivity contribution in [2.75, 3.05) is 7.11 Å². The van der Waals surface area contributed by atoms with Crippen molar-refractivity contribution in [1.82, 2.24) is 0 Å². The molecule has 24 heteroatoms. The van der Waals surface area contributed by atoms with Gasteiger partial charge in [-0.3, -0.25) is 52.7 Å². The van der Waals surface area contributed by atoms with Gasteiger partial charge in [0.2, 0.25) is 0 Å². The van der Waals surface area contributed by atoms with E-state index in [2.05, 4.69) is 6.07 Å². The zero-order chi connectivity index (χ0) is 70.6. The van der Waals surface area contributed by atoms with Crippen LogP contribution in [0.15, 0.2) is 0 Å². The van der Waals surface area contributed by atoms with Crippen molar-refractivity contribution in [2.24, 2.45) is 97.6 Å². The lowest BCUT2D eigenvalue weighted by atomic mass is 9.74. The van der Waals surface area contributed by atoms with E-state index in [0.29, 0.717) is 50.9 Å². The SMILES string of the molecule is CCC(C)(C)C(=O)OC1C2CC3C(=O)OC1C3O2.CCC(C)(C)C(=O)OC1C2CC3C1OC(=O)C3(C#N)C2.CCC(C)(C)C(=O)OC1C2CC3C1OC(=O)C3C2C(=O)OC.CCC(C)(C)C(=O)OC1C2CC3CC2C(=O)OC31.CCC(C)(C)C(=O)OC1CC2CCC1(C)OC2=O. The zero-order valence-electron chi connectivity index (χ0n) is 58.9. The minimum Gasteiger partial charge on any atom is -0.469 e. The molecule has 0 N–H and O–H groups in total. The molecule has 0 aromatic rings. The van der Waals surface area contributed by atoms with Gasteiger partial charge in [0.15, 0.2) is 17.6 Å². The summed E-state index contributed by atoms with van der Waals surface area (Å²) in [5, 5.41) is 9.31. The molecule has 16 rings (SSSR count). The summed E-state index contributed by atoms with van der Waals surface area (Å²) >= 11 is 0. The Morgan fingerprint density at radius 2 is 1.01 bits per heavy atom. The minimum atomic E-state index is -0.974. The van der Waals surface area contributed by atoms with Gasteiger partial charge in [0.1, 0.15) is 54.4 Å². The third kappa shape index (κ3) is 12.5. The van der Waals surface area contributed by atoms with Gasteiger partial charge in [-0.15, -0.1) is 0 Å². The van der Waals surface area contributed by atoms with Crippen molar-refractivity contribution in [3.05, 3.63) is 0 Å². The number of nitriles is 1. The number of nitrogens with zero attached hydrogens (tertiary/aromatic N) is 1. The number of carbonyl (C=O) groups is 11. The molecule has 12 bridgehead atoms. The number of hydrogen-bond donors (Lipinski definition) is 0. The Hall–Kier alpha value is -6.38. The molecule has 16 aliphatic rings. The molecule has 24 unspecified atom stereocenters. The summed E-state index contributed by atoms with van der Waals surface area (Å²) in [5.41, 5.74) is -4.16. The number of rotatable bonds is 16. The number of carbonyl (C=O) groups excluding carboxylic acids is 11. The second-order valence-corrected chi connectivity index (χ2v) is 32.9. The van der Waals surface area contributed by atoms with Crippen molar-refractivity contribution in [3.63, 3.8) is 0 Å². The first-order valence-corrected chi connectivity index (χ1v) is 35.1. The average Bonchev–Trinajstić information content (AvgIpc) is 1.58. The highest BCUT2D eigenvalue weighted by molar-refractivity contribution is 5.87. The van der Waals surface area contributed by atoms with Crippen molar-refractivity contribution in [2.45, 2.75) is 273 Å². The molecule has 7 saturated carbocycles. The molecule has 7 aliphatic carbocycles. The van der Waals surface area contributed by atoms with Crippen molar-refractivity contribution in [1.29, 1.82) is 5.26 Å². The predicted octanol–water partition coefficient (Wildman–Crippen LogP) is 8.54. The fourth-order valence-corrected chi connectivity index (χ4v) is 16.5. The summed E-state index contributed by atoms with van der Waals surface area (Å²) < 4.78 is 65.5. The van der Waals surface area contributed by atoms with Crippen molar-refractivity contribution in [3.8, 4) is 6.07 Å². The fraction of sp³-hybridized carbons (Fsp3) is 0.833. The van der Waals surface area contributed by atoms with Crippen molar-refractivity contribution >= 4 is 65.7 Å². The van der Waals surface area contributed by atoms with E-state index in [1.165, 1.54) is 7.11 Å². The van der Waals surface area contributed by atoms with Crippen LogP contribution in [-0.2, 0) is 110 Å². The molecule has 24 atom stereocenters. The summed E-state index contributed by atoms with van der Waals surface area (Å²) in [6.45, 7) is 30.2. The third-order valence-electron chi connectivity index (χ3n) is 25.2. The molecular formula is C72H101NO23. The van der Waals surface area contributed by atoms with Crippen molar-refractivity contribution < 1.29 is 110 Å². The van der Waals surface area contributed by atoms with E-state index < -0.39 is 92.4 Å². The van der Waals surface area contributed by atoms with E-state index in [1.54, 1.807) is 0 Å². The van der Waals surface area contributed by atoms with E-state index in [-0.39, 0.29) is 138 Å². The normalized spacial score (nSPS) is 39.5. The molecule has 9 aliphatic heterocycles. The molecule has 24 nitrogen and oxygen atoms in total. The first kappa shape index (κ1) is 72.4. The summed E-state index contributed by atoms with van der Waals surface area (Å²) in [6, 6.07) is 2.15. The molecule has 0 amide bonds. The molecule has 0 aromatic carbocycles. The number of ether oxygens (including phenoxy) is 12. The van der Waals surface area contributed by atoms with Crippen LogP contribution < -0.4 is 0 Å². The monoisotopic (exact) mass is 1350 g/mol. The molecular weight excluding hydrogens is 1250 g/mol. The molecule has 9 saturated heterocycles. The van der Waals surface area contributed by atoms with Crippen LogP contribution in [0.2, 0.25) is 0 Å². The van der Waals surface area contributed by atoms with E-state index in [9.17, 15) is 58.0 Å². The molecule has 532 valence electrons. The molecule has 9 heterocycles. The third-order valence-corrected chi connectivity index (χ3v) is 25.2. The van der Waals surface area contributed by atoms with Crippen LogP contribution in [-0.4, -0.2) is 146 Å². The molecule has 16 fully saturated rings. The molecule has 0 aromatic heterocycles. The highest BCUT2D eigenvalue weighted by Crippen LogP contribution is 2.63. The van der Waals surface area contributed by atoms with Crippen LogP contribution in [0.5, 0.6) is 0 Å². The lowest BCUT2D eigenvalue weighted by molar-refractivity contribution is -0.221. The zero-order valence-corrected chi connectivity index (χ0v) is 58.9. The maximum atomic E-state index is 12.4. The molecule has 96 heavy (non-hydrogen) atoms. The van der Waals surface area contributed by atoms with Gasteiger partial charge in [0.25, 0.3) is 0 Å². The lowest BCUT2D eigenvalue weighted by Crippen LogP contribution is -2.57. The van der Waals surface area contributed by atoms with Crippen LogP contribution in [0.3, 0.4) is 0 Å². The minimum absolute atomic E-state index is 0.0254. The number of fused-ring (bicyclic) bond motifs is 7. The van der Waals surface area contributed by atoms with Gasteiger partial charge in [-0.2, -0.15) is 5.26 Å². The standard InChI is InChI=1S/C16H22O6.C15H19NO4.C14H20O4.C14H22O4.C13H18O5/c1-5-16(2,3)15(19)22-12-7-6-8-10(9(7)13(17)20-4)14(18)21-11(8)12;1-4-14(2,3)12(17)19-10-8-5-9-11(10)20-13(18)15(9,6-8)7-16;1-4-14(2,3)13(16)18-11-8-5-7-6-9(8)12(15)17-10(7)11;1-5-13(2,3)12(16)17-10-8-9-6-7-14(10,4)18-11(9)15;1-4-13(2,3)12(15)18-9-7-5-6-8(16-7)10(9)17-11(6)14/h7-12H,5-6H2,1-4H3;8-11H,4-6H2,1-3H3;7-11H,4-6H2,1-3H3;9-10H,5-8H2,1-4H3;6-10H,4-5H2,1-3H3. The largest absolute Gasteiger partial charge is 0.469 e. The van der Waals surface area contributed by atoms with Crippen LogP contribution in [0.4, 0.5) is 0 Å². The Bertz CT molecular complexity index is 3090. The van der Waals surface area contributed by atoms with Gasteiger partial charge in [-0.25, -0.2) is 0 Å². The van der Waals surface area contributed by atoms with E-state index >= 15 is 0 Å². The van der Waals surface area contributed by atoms with Gasteiger partial charge in [0, 0.05) is 41.9 Å². The number of hydrogen-bond acceptors (Lipinski definition) is 24. The first-order chi connectivity index (χ1) is 44.8. The average molecular weight is 1350 g/mol. The highest BCUT2D eigenvalue weighted by atomic mass is 16.7. The van der Waals surface area contributed by atoms with Crippen LogP contribution >= 0.6 is 0 Å². The maximum Gasteiger partial charge on any atom is 0.327 e. The summed E-state index contributed by atoms with van der Waals surface area (Å²) in [4.78, 5) is 132. The highest BCUT2D eigenvalue weighted by Gasteiger charge is 2.74. The van der Waals surface area contributed by atoms with Gasteiger partial charge in [-0.05, 0) is 160 Å². The Labute approximate surface area is 562 Å². The van der Waals surface area contributed by atoms with Gasteiger partial charge < -0.3 is 56.8 Å². The van der Waals surface area contributed by atoms with Gasteiger partial charge >= 0.3 is 65.7 Å². The first-order valence-electron chi connectivity index (χ1n) is 35.1. The Balaban J connectivity index is 0.000000131. The van der Waals surface area contributed by atoms with Crippen LogP contribution in [0, 0.1) is 109 Å². The topological polar surface area (TPSA) is 322 Å². The number of esters is 11. The second-order valence-electron chi connectivity index (χ2n) is 32.9. The molecule has 0 radical (unpaired) electrons. The smallest absolute Gasteiger partial charge is 0.327 e. The Morgan fingerprint density at radius 1 is 0.510 bits per heavy atom. The number of methoxy groups -OCH3 is 1. The summed E-state index contributed by atoms with van der Waals surface area (Å²) in [7, 11) is 1.31. The Morgan fingerprint density at radius 3 is 1.52 bits per heavy atom. The maximum absolute atomic E-state index is 12.4. The van der Waals surface area contributed by atoms with Crippen LogP contribution in [0.1, 0.15) is 201 Å². The molecule has 0 spiro atoms. The fourth-order valence-electron chi connectivity index (χ4n) is 16.5. The van der Waals surface area contributed by atoms with Gasteiger partial charge in [0.05, 0.1) is 75.9 Å².